The van der Waals surface area contributed by atoms with Crippen LogP contribution in [0.15, 0.2) is 17.8 Å². The van der Waals surface area contributed by atoms with Crippen molar-refractivity contribution in [2.75, 3.05) is 0 Å². The van der Waals surface area contributed by atoms with Gasteiger partial charge in [0.15, 0.2) is 0 Å². The van der Waals surface area contributed by atoms with Crippen LogP contribution in [0.5, 0.6) is 0 Å². The summed E-state index contributed by atoms with van der Waals surface area (Å²) in [5, 5.41) is 7.05. The number of hydrogen-bond acceptors (Lipinski definition) is 4. The Morgan fingerprint density at radius 3 is 2.89 bits per heavy atom. The van der Waals surface area contributed by atoms with Crippen LogP contribution in [0.2, 0.25) is 5.02 Å². The summed E-state index contributed by atoms with van der Waals surface area (Å²) in [6, 6.07) is 0.0939. The molecule has 98 valence electrons. The number of halogens is 1. The number of nitrogens with zero attached hydrogens (tertiary/aromatic N) is 2. The zero-order chi connectivity index (χ0) is 13.1. The van der Waals surface area contributed by atoms with Gasteiger partial charge < -0.3 is 0 Å². The van der Waals surface area contributed by atoms with Crippen molar-refractivity contribution < 1.29 is 0 Å². The molecule has 18 heavy (non-hydrogen) atoms. The lowest BCUT2D eigenvalue weighted by Gasteiger charge is -2.14. The van der Waals surface area contributed by atoms with Crippen LogP contribution in [-0.4, -0.2) is 9.78 Å². The first-order valence-electron chi connectivity index (χ1n) is 5.79. The molecule has 0 amide bonds. The van der Waals surface area contributed by atoms with E-state index in [-0.39, 0.29) is 6.04 Å². The van der Waals surface area contributed by atoms with Gasteiger partial charge in [0.2, 0.25) is 0 Å². The van der Waals surface area contributed by atoms with E-state index in [0.29, 0.717) is 0 Å². The normalized spacial score (nSPS) is 12.9. The van der Waals surface area contributed by atoms with Crippen molar-refractivity contribution in [3.8, 4) is 0 Å². The van der Waals surface area contributed by atoms with Crippen LogP contribution in [0.25, 0.3) is 0 Å². The highest BCUT2D eigenvalue weighted by Gasteiger charge is 2.17. The maximum Gasteiger partial charge on any atom is 0.0590 e. The van der Waals surface area contributed by atoms with E-state index >= 15 is 0 Å². The number of aryl methyl sites for hydroxylation is 3. The molecular formula is C12H17ClN4S. The number of aromatic nitrogens is 2. The van der Waals surface area contributed by atoms with Gasteiger partial charge in [-0.25, -0.2) is 0 Å². The Labute approximate surface area is 116 Å². The molecule has 3 N–H and O–H groups in total. The van der Waals surface area contributed by atoms with E-state index < -0.39 is 0 Å². The molecule has 0 aliphatic carbocycles. The van der Waals surface area contributed by atoms with Crippen molar-refractivity contribution in [1.82, 2.24) is 15.2 Å². The van der Waals surface area contributed by atoms with Gasteiger partial charge in [0.1, 0.15) is 0 Å². The molecule has 1 unspecified atom stereocenters. The summed E-state index contributed by atoms with van der Waals surface area (Å²) in [6.07, 6.45) is 5.74. The molecule has 1 atom stereocenters. The quantitative estimate of drug-likeness (QED) is 0.655. The molecule has 0 bridgehead atoms. The average molecular weight is 285 g/mol. The van der Waals surface area contributed by atoms with Crippen molar-refractivity contribution >= 4 is 22.9 Å². The summed E-state index contributed by atoms with van der Waals surface area (Å²) < 4.78 is 1.81. The third-order valence-corrected chi connectivity index (χ3v) is 4.75. The van der Waals surface area contributed by atoms with Crippen LogP contribution >= 0.6 is 22.9 Å². The molecule has 2 heterocycles. The van der Waals surface area contributed by atoms with Crippen molar-refractivity contribution in [3.63, 3.8) is 0 Å². The van der Waals surface area contributed by atoms with E-state index in [9.17, 15) is 0 Å². The standard InChI is InChI=1S/C12H17ClN4S/c1-8-7-18-12(11(8)13)10(16-14)4-3-9-5-15-17(2)6-9/h5-7,10,16H,3-4,14H2,1-2H3. The first kappa shape index (κ1) is 13.5. The fraction of sp³-hybridized carbons (Fsp3) is 0.417. The van der Waals surface area contributed by atoms with Gasteiger partial charge in [-0.15, -0.1) is 11.3 Å². The van der Waals surface area contributed by atoms with E-state index in [1.54, 1.807) is 11.3 Å². The van der Waals surface area contributed by atoms with Crippen molar-refractivity contribution in [3.05, 3.63) is 38.8 Å². The topological polar surface area (TPSA) is 55.9 Å². The second-order valence-electron chi connectivity index (χ2n) is 4.38. The molecule has 0 saturated heterocycles. The third kappa shape index (κ3) is 2.92. The fourth-order valence-electron chi connectivity index (χ4n) is 1.89. The minimum atomic E-state index is 0.0939. The Hall–Kier alpha value is -0.880. The first-order valence-corrected chi connectivity index (χ1v) is 7.04. The highest BCUT2D eigenvalue weighted by atomic mass is 35.5. The van der Waals surface area contributed by atoms with Crippen LogP contribution in [0.1, 0.15) is 28.5 Å². The SMILES string of the molecule is Cc1csc(C(CCc2cnn(C)c2)NN)c1Cl. The van der Waals surface area contributed by atoms with E-state index in [1.165, 1.54) is 5.56 Å². The fourth-order valence-corrected chi connectivity index (χ4v) is 3.31. The maximum atomic E-state index is 6.27. The minimum Gasteiger partial charge on any atom is -0.276 e. The second-order valence-corrected chi connectivity index (χ2v) is 5.67. The van der Waals surface area contributed by atoms with E-state index in [0.717, 1.165) is 28.3 Å². The lowest BCUT2D eigenvalue weighted by Crippen LogP contribution is -2.28. The number of nitrogens with one attached hydrogen (secondary N) is 1. The van der Waals surface area contributed by atoms with Gasteiger partial charge in [-0.3, -0.25) is 16.0 Å². The summed E-state index contributed by atoms with van der Waals surface area (Å²) in [4.78, 5) is 1.11. The van der Waals surface area contributed by atoms with Gasteiger partial charge >= 0.3 is 0 Å². The maximum absolute atomic E-state index is 6.27. The van der Waals surface area contributed by atoms with Gasteiger partial charge in [-0.1, -0.05) is 11.6 Å². The Kier molecular flexibility index (Phi) is 4.40. The minimum absolute atomic E-state index is 0.0939. The highest BCUT2D eigenvalue weighted by molar-refractivity contribution is 7.10. The number of hydrogen-bond donors (Lipinski definition) is 2. The summed E-state index contributed by atoms with van der Waals surface area (Å²) in [7, 11) is 1.92. The van der Waals surface area contributed by atoms with Gasteiger partial charge in [0.05, 0.1) is 17.3 Å². The molecule has 0 radical (unpaired) electrons. The van der Waals surface area contributed by atoms with Crippen molar-refractivity contribution in [1.29, 1.82) is 0 Å². The molecule has 0 saturated carbocycles. The van der Waals surface area contributed by atoms with Crippen LogP contribution < -0.4 is 11.3 Å². The van der Waals surface area contributed by atoms with Crippen LogP contribution in [0, 0.1) is 6.92 Å². The van der Waals surface area contributed by atoms with Crippen LogP contribution in [-0.2, 0) is 13.5 Å². The van der Waals surface area contributed by atoms with Gasteiger partial charge in [0.25, 0.3) is 0 Å². The number of thiophene rings is 1. The van der Waals surface area contributed by atoms with Crippen LogP contribution in [0.4, 0.5) is 0 Å². The Morgan fingerprint density at radius 2 is 2.39 bits per heavy atom. The van der Waals surface area contributed by atoms with E-state index in [1.807, 2.05) is 31.0 Å². The molecule has 2 rings (SSSR count). The summed E-state index contributed by atoms with van der Waals surface area (Å²) >= 11 is 7.92. The second kappa shape index (κ2) is 5.84. The predicted molar refractivity (Wildman–Crippen MR) is 75.7 cm³/mol. The molecule has 0 fully saturated rings. The first-order chi connectivity index (χ1) is 8.61. The highest BCUT2D eigenvalue weighted by Crippen LogP contribution is 2.34. The number of hydrazine groups is 1. The molecule has 0 aliphatic rings. The molecule has 4 nitrogen and oxygen atoms in total. The molecule has 0 aromatic carbocycles. The Balaban J connectivity index is 2.04. The summed E-state index contributed by atoms with van der Waals surface area (Å²) in [6.45, 7) is 2.01. The molecular weight excluding hydrogens is 268 g/mol. The molecule has 6 heteroatoms. The lowest BCUT2D eigenvalue weighted by atomic mass is 10.1. The van der Waals surface area contributed by atoms with Gasteiger partial charge in [-0.05, 0) is 36.3 Å². The Bertz CT molecular complexity index is 520. The molecule has 0 aliphatic heterocycles. The average Bonchev–Trinajstić information content (AvgIpc) is 2.90. The third-order valence-electron chi connectivity index (χ3n) is 2.92. The summed E-state index contributed by atoms with van der Waals surface area (Å²) in [5.41, 5.74) is 5.17. The number of rotatable bonds is 5. The van der Waals surface area contributed by atoms with Crippen LogP contribution in [0.3, 0.4) is 0 Å². The Morgan fingerprint density at radius 1 is 1.61 bits per heavy atom. The summed E-state index contributed by atoms with van der Waals surface area (Å²) in [5.74, 6) is 5.63. The largest absolute Gasteiger partial charge is 0.276 e. The predicted octanol–water partition coefficient (Wildman–Crippen LogP) is 2.58. The van der Waals surface area contributed by atoms with Crippen molar-refractivity contribution in [2.24, 2.45) is 12.9 Å². The van der Waals surface area contributed by atoms with Gasteiger partial charge in [-0.2, -0.15) is 5.10 Å². The number of nitrogens with two attached hydrogens (primary N) is 1. The van der Waals surface area contributed by atoms with Gasteiger partial charge in [0, 0.05) is 18.1 Å². The monoisotopic (exact) mass is 284 g/mol. The zero-order valence-corrected chi connectivity index (χ0v) is 12.1. The van der Waals surface area contributed by atoms with E-state index in [4.69, 9.17) is 17.4 Å². The molecule has 2 aromatic rings. The zero-order valence-electron chi connectivity index (χ0n) is 10.5. The van der Waals surface area contributed by atoms with Crippen molar-refractivity contribution in [2.45, 2.75) is 25.8 Å². The lowest BCUT2D eigenvalue weighted by molar-refractivity contribution is 0.524. The molecule has 2 aromatic heterocycles. The molecule has 0 spiro atoms. The van der Waals surface area contributed by atoms with E-state index in [2.05, 4.69) is 15.9 Å². The smallest absolute Gasteiger partial charge is 0.0590 e.